The van der Waals surface area contributed by atoms with E-state index >= 15 is 0 Å². The number of hydrogen-bond donors (Lipinski definition) is 1. The SMILES string of the molecule is Cc1c(Cl)nnc(NC(C)(C)C)c1C. The van der Waals surface area contributed by atoms with Crippen LogP contribution < -0.4 is 5.32 Å². The quantitative estimate of drug-likeness (QED) is 0.780. The van der Waals surface area contributed by atoms with Gasteiger partial charge in [0.25, 0.3) is 0 Å². The molecule has 0 radical (unpaired) electrons. The van der Waals surface area contributed by atoms with Crippen molar-refractivity contribution >= 4 is 17.4 Å². The molecule has 0 amide bonds. The zero-order chi connectivity index (χ0) is 10.9. The van der Waals surface area contributed by atoms with Crippen LogP contribution in [0.1, 0.15) is 31.9 Å². The maximum Gasteiger partial charge on any atom is 0.155 e. The van der Waals surface area contributed by atoms with Gasteiger partial charge in [-0.15, -0.1) is 10.2 Å². The molecule has 1 heterocycles. The number of aromatic nitrogens is 2. The van der Waals surface area contributed by atoms with Crippen molar-refractivity contribution in [3.05, 3.63) is 16.3 Å². The van der Waals surface area contributed by atoms with Crippen LogP contribution in [0.15, 0.2) is 0 Å². The maximum atomic E-state index is 5.86. The molecule has 0 aliphatic heterocycles. The van der Waals surface area contributed by atoms with Gasteiger partial charge in [0.2, 0.25) is 0 Å². The van der Waals surface area contributed by atoms with E-state index in [9.17, 15) is 0 Å². The largest absolute Gasteiger partial charge is 0.364 e. The van der Waals surface area contributed by atoms with Crippen molar-refractivity contribution in [2.24, 2.45) is 0 Å². The summed E-state index contributed by atoms with van der Waals surface area (Å²) in [4.78, 5) is 0. The van der Waals surface area contributed by atoms with Gasteiger partial charge in [0.05, 0.1) is 0 Å². The molecular weight excluding hydrogens is 198 g/mol. The van der Waals surface area contributed by atoms with Crippen molar-refractivity contribution in [3.63, 3.8) is 0 Å². The van der Waals surface area contributed by atoms with Crippen molar-refractivity contribution in [1.29, 1.82) is 0 Å². The van der Waals surface area contributed by atoms with Gasteiger partial charge in [-0.2, -0.15) is 0 Å². The third kappa shape index (κ3) is 2.58. The summed E-state index contributed by atoms with van der Waals surface area (Å²) in [7, 11) is 0. The van der Waals surface area contributed by atoms with Gasteiger partial charge in [0.15, 0.2) is 11.0 Å². The number of anilines is 1. The van der Waals surface area contributed by atoms with Crippen LogP contribution in [0.4, 0.5) is 5.82 Å². The summed E-state index contributed by atoms with van der Waals surface area (Å²) in [6.07, 6.45) is 0. The van der Waals surface area contributed by atoms with Crippen molar-refractivity contribution < 1.29 is 0 Å². The predicted molar refractivity (Wildman–Crippen MR) is 59.9 cm³/mol. The van der Waals surface area contributed by atoms with Crippen LogP contribution in [-0.4, -0.2) is 15.7 Å². The molecule has 0 atom stereocenters. The molecule has 4 heteroatoms. The molecule has 14 heavy (non-hydrogen) atoms. The van der Waals surface area contributed by atoms with Gasteiger partial charge >= 0.3 is 0 Å². The molecule has 0 bridgehead atoms. The van der Waals surface area contributed by atoms with E-state index in [-0.39, 0.29) is 5.54 Å². The Balaban J connectivity index is 3.06. The highest BCUT2D eigenvalue weighted by atomic mass is 35.5. The van der Waals surface area contributed by atoms with Gasteiger partial charge in [-0.25, -0.2) is 0 Å². The number of nitrogens with zero attached hydrogens (tertiary/aromatic N) is 2. The van der Waals surface area contributed by atoms with Crippen molar-refractivity contribution in [3.8, 4) is 0 Å². The molecule has 1 aromatic heterocycles. The van der Waals surface area contributed by atoms with Gasteiger partial charge in [-0.1, -0.05) is 11.6 Å². The number of hydrogen-bond acceptors (Lipinski definition) is 3. The second-order valence-corrected chi connectivity index (χ2v) is 4.82. The Morgan fingerprint density at radius 2 is 1.64 bits per heavy atom. The van der Waals surface area contributed by atoms with E-state index in [1.807, 2.05) is 13.8 Å². The first-order valence-corrected chi connectivity index (χ1v) is 4.96. The average molecular weight is 214 g/mol. The highest BCUT2D eigenvalue weighted by Crippen LogP contribution is 2.22. The second-order valence-electron chi connectivity index (χ2n) is 4.46. The topological polar surface area (TPSA) is 37.8 Å². The highest BCUT2D eigenvalue weighted by molar-refractivity contribution is 6.30. The second kappa shape index (κ2) is 3.73. The first kappa shape index (κ1) is 11.2. The zero-order valence-corrected chi connectivity index (χ0v) is 10.0. The van der Waals surface area contributed by atoms with E-state index < -0.39 is 0 Å². The van der Waals surface area contributed by atoms with Crippen LogP contribution in [0.3, 0.4) is 0 Å². The fourth-order valence-electron chi connectivity index (χ4n) is 1.05. The van der Waals surface area contributed by atoms with E-state index in [0.29, 0.717) is 5.15 Å². The Morgan fingerprint density at radius 1 is 1.07 bits per heavy atom. The molecule has 0 aliphatic rings. The Labute approximate surface area is 89.9 Å². The van der Waals surface area contributed by atoms with E-state index in [0.717, 1.165) is 16.9 Å². The Bertz CT molecular complexity index is 342. The number of nitrogens with one attached hydrogen (secondary N) is 1. The standard InChI is InChI=1S/C10H16ClN3/c1-6-7(2)9(12-10(3,4)5)14-13-8(6)11/h1-5H3,(H,12,14). The molecule has 1 aromatic rings. The Kier molecular flexibility index (Phi) is 3.00. The molecule has 0 aromatic carbocycles. The lowest BCUT2D eigenvalue weighted by Crippen LogP contribution is -2.27. The zero-order valence-electron chi connectivity index (χ0n) is 9.27. The molecule has 0 aliphatic carbocycles. The molecule has 0 fully saturated rings. The molecule has 3 nitrogen and oxygen atoms in total. The molecule has 0 spiro atoms. The third-order valence-electron chi connectivity index (χ3n) is 1.96. The Morgan fingerprint density at radius 3 is 2.14 bits per heavy atom. The monoisotopic (exact) mass is 213 g/mol. The fourth-order valence-corrected chi connectivity index (χ4v) is 1.23. The summed E-state index contributed by atoms with van der Waals surface area (Å²) >= 11 is 5.86. The average Bonchev–Trinajstić information content (AvgIpc) is 2.04. The normalized spacial score (nSPS) is 11.6. The fraction of sp³-hybridized carbons (Fsp3) is 0.600. The number of rotatable bonds is 1. The highest BCUT2D eigenvalue weighted by Gasteiger charge is 2.14. The maximum absolute atomic E-state index is 5.86. The summed E-state index contributed by atoms with van der Waals surface area (Å²) < 4.78 is 0. The molecular formula is C10H16ClN3. The number of halogens is 1. The first-order chi connectivity index (χ1) is 6.31. The first-order valence-electron chi connectivity index (χ1n) is 4.59. The summed E-state index contributed by atoms with van der Waals surface area (Å²) in [6.45, 7) is 10.2. The summed E-state index contributed by atoms with van der Waals surface area (Å²) in [5.41, 5.74) is 2.02. The summed E-state index contributed by atoms with van der Waals surface area (Å²) in [5, 5.41) is 11.7. The molecule has 1 rings (SSSR count). The van der Waals surface area contributed by atoms with Crippen LogP contribution in [0, 0.1) is 13.8 Å². The summed E-state index contributed by atoms with van der Waals surface area (Å²) in [6, 6.07) is 0. The van der Waals surface area contributed by atoms with Gasteiger partial charge in [0, 0.05) is 5.54 Å². The van der Waals surface area contributed by atoms with Crippen molar-refractivity contribution in [2.45, 2.75) is 40.2 Å². The molecule has 0 unspecified atom stereocenters. The predicted octanol–water partition coefficient (Wildman–Crippen LogP) is 2.96. The molecule has 0 saturated carbocycles. The smallest absolute Gasteiger partial charge is 0.155 e. The van der Waals surface area contributed by atoms with Gasteiger partial charge in [-0.05, 0) is 45.7 Å². The van der Waals surface area contributed by atoms with Crippen LogP contribution in [0.5, 0.6) is 0 Å². The molecule has 78 valence electrons. The van der Waals surface area contributed by atoms with E-state index in [1.54, 1.807) is 0 Å². The van der Waals surface area contributed by atoms with Crippen LogP contribution in [-0.2, 0) is 0 Å². The van der Waals surface area contributed by atoms with Crippen LogP contribution >= 0.6 is 11.6 Å². The lowest BCUT2D eigenvalue weighted by molar-refractivity contribution is 0.627. The van der Waals surface area contributed by atoms with Crippen molar-refractivity contribution in [2.75, 3.05) is 5.32 Å². The molecule has 0 saturated heterocycles. The lowest BCUT2D eigenvalue weighted by Gasteiger charge is -2.22. The lowest BCUT2D eigenvalue weighted by atomic mass is 10.1. The van der Waals surface area contributed by atoms with Crippen LogP contribution in [0.25, 0.3) is 0 Å². The minimum atomic E-state index is -0.0142. The van der Waals surface area contributed by atoms with E-state index in [1.165, 1.54) is 0 Å². The minimum absolute atomic E-state index is 0.0142. The van der Waals surface area contributed by atoms with Crippen molar-refractivity contribution in [1.82, 2.24) is 10.2 Å². The third-order valence-corrected chi connectivity index (χ3v) is 2.32. The van der Waals surface area contributed by atoms with E-state index in [2.05, 4.69) is 36.3 Å². The summed E-state index contributed by atoms with van der Waals surface area (Å²) in [5.74, 6) is 0.805. The van der Waals surface area contributed by atoms with E-state index in [4.69, 9.17) is 11.6 Å². The van der Waals surface area contributed by atoms with Gasteiger partial charge in [0.1, 0.15) is 0 Å². The van der Waals surface area contributed by atoms with Gasteiger partial charge < -0.3 is 5.32 Å². The van der Waals surface area contributed by atoms with Crippen LogP contribution in [0.2, 0.25) is 5.15 Å². The van der Waals surface area contributed by atoms with Gasteiger partial charge in [-0.3, -0.25) is 0 Å². The molecule has 1 N–H and O–H groups in total. The Hall–Kier alpha value is -0.830. The minimum Gasteiger partial charge on any atom is -0.364 e.